The molecule has 2 rings (SSSR count). The quantitative estimate of drug-likeness (QED) is 0.774. The minimum Gasteiger partial charge on any atom is -0.355 e. The van der Waals surface area contributed by atoms with Crippen LogP contribution < -0.4 is 5.32 Å². The maximum Gasteiger partial charge on any atom is 0.227 e. The normalized spacial score (nSPS) is 28.6. The van der Waals surface area contributed by atoms with Crippen LogP contribution in [0.2, 0.25) is 0 Å². The van der Waals surface area contributed by atoms with E-state index in [4.69, 9.17) is 0 Å². The lowest BCUT2D eigenvalue weighted by molar-refractivity contribution is -0.138. The molecule has 5 heteroatoms. The van der Waals surface area contributed by atoms with E-state index in [1.807, 2.05) is 19.0 Å². The molecule has 0 aromatic heterocycles. The molecule has 2 heterocycles. The van der Waals surface area contributed by atoms with Crippen molar-refractivity contribution >= 4 is 11.8 Å². The Morgan fingerprint density at radius 3 is 2.83 bits per heavy atom. The first-order valence-corrected chi connectivity index (χ1v) is 6.80. The largest absolute Gasteiger partial charge is 0.355 e. The molecule has 0 saturated carbocycles. The Kier molecular flexibility index (Phi) is 4.22. The van der Waals surface area contributed by atoms with Crippen LogP contribution in [0.4, 0.5) is 0 Å². The highest BCUT2D eigenvalue weighted by molar-refractivity contribution is 5.84. The van der Waals surface area contributed by atoms with Crippen molar-refractivity contribution in [1.82, 2.24) is 15.1 Å². The van der Waals surface area contributed by atoms with E-state index in [0.29, 0.717) is 25.4 Å². The standard InChI is InChI=1S/C13H23N3O2/c1-15(2)9-11-4-3-7-16(11)13(18)10-5-6-12(17)14-8-10/h10-11H,3-9H2,1-2H3,(H,14,17). The van der Waals surface area contributed by atoms with Gasteiger partial charge in [0.1, 0.15) is 0 Å². The fourth-order valence-corrected chi connectivity index (χ4v) is 2.92. The van der Waals surface area contributed by atoms with E-state index in [-0.39, 0.29) is 17.7 Å². The van der Waals surface area contributed by atoms with E-state index >= 15 is 0 Å². The van der Waals surface area contributed by atoms with E-state index in [9.17, 15) is 9.59 Å². The molecule has 0 aliphatic carbocycles. The highest BCUT2D eigenvalue weighted by Crippen LogP contribution is 2.23. The third-order valence-corrected chi connectivity index (χ3v) is 3.85. The maximum atomic E-state index is 12.5. The molecule has 0 radical (unpaired) electrons. The van der Waals surface area contributed by atoms with Crippen LogP contribution in [0.25, 0.3) is 0 Å². The van der Waals surface area contributed by atoms with Gasteiger partial charge in [0.05, 0.1) is 5.92 Å². The van der Waals surface area contributed by atoms with Crippen molar-refractivity contribution in [1.29, 1.82) is 0 Å². The van der Waals surface area contributed by atoms with Crippen LogP contribution >= 0.6 is 0 Å². The highest BCUT2D eigenvalue weighted by atomic mass is 16.2. The third-order valence-electron chi connectivity index (χ3n) is 3.85. The van der Waals surface area contributed by atoms with Gasteiger partial charge in [-0.2, -0.15) is 0 Å². The Morgan fingerprint density at radius 2 is 2.22 bits per heavy atom. The number of carbonyl (C=O) groups is 2. The summed E-state index contributed by atoms with van der Waals surface area (Å²) in [5.41, 5.74) is 0. The summed E-state index contributed by atoms with van der Waals surface area (Å²) in [4.78, 5) is 27.7. The molecule has 2 fully saturated rings. The molecule has 2 aliphatic heterocycles. The monoisotopic (exact) mass is 253 g/mol. The number of hydrogen-bond acceptors (Lipinski definition) is 3. The van der Waals surface area contributed by atoms with Crippen molar-refractivity contribution < 1.29 is 9.59 Å². The SMILES string of the molecule is CN(C)CC1CCCN1C(=O)C1CCC(=O)NC1. The van der Waals surface area contributed by atoms with Crippen LogP contribution in [0, 0.1) is 5.92 Å². The molecule has 0 aromatic carbocycles. The summed E-state index contributed by atoms with van der Waals surface area (Å²) in [5.74, 6) is 0.301. The van der Waals surface area contributed by atoms with E-state index < -0.39 is 0 Å². The van der Waals surface area contributed by atoms with Crippen molar-refractivity contribution in [3.8, 4) is 0 Å². The lowest BCUT2D eigenvalue weighted by atomic mass is 9.97. The Hall–Kier alpha value is -1.10. The van der Waals surface area contributed by atoms with Gasteiger partial charge in [0.2, 0.25) is 11.8 Å². The van der Waals surface area contributed by atoms with Gasteiger partial charge in [-0.3, -0.25) is 9.59 Å². The van der Waals surface area contributed by atoms with Gasteiger partial charge in [-0.25, -0.2) is 0 Å². The zero-order chi connectivity index (χ0) is 13.1. The van der Waals surface area contributed by atoms with Crippen molar-refractivity contribution in [2.45, 2.75) is 31.7 Å². The molecule has 1 N–H and O–H groups in total. The average molecular weight is 253 g/mol. The zero-order valence-corrected chi connectivity index (χ0v) is 11.3. The minimum atomic E-state index is -0.00883. The molecular formula is C13H23N3O2. The van der Waals surface area contributed by atoms with Crippen LogP contribution in [-0.4, -0.2) is 61.4 Å². The lowest BCUT2D eigenvalue weighted by Crippen LogP contribution is -2.48. The second-order valence-electron chi connectivity index (χ2n) is 5.63. The van der Waals surface area contributed by atoms with Gasteiger partial charge >= 0.3 is 0 Å². The first-order valence-electron chi connectivity index (χ1n) is 6.80. The number of piperidine rings is 1. The first kappa shape index (κ1) is 13.3. The van der Waals surface area contributed by atoms with Gasteiger partial charge < -0.3 is 15.1 Å². The maximum absolute atomic E-state index is 12.5. The number of nitrogens with zero attached hydrogens (tertiary/aromatic N) is 2. The highest BCUT2D eigenvalue weighted by Gasteiger charge is 2.34. The van der Waals surface area contributed by atoms with Gasteiger partial charge in [0.15, 0.2) is 0 Å². The van der Waals surface area contributed by atoms with Gasteiger partial charge in [-0.15, -0.1) is 0 Å². The van der Waals surface area contributed by atoms with Crippen LogP contribution in [0.3, 0.4) is 0 Å². The van der Waals surface area contributed by atoms with Gasteiger partial charge in [0, 0.05) is 32.1 Å². The van der Waals surface area contributed by atoms with Crippen LogP contribution in [-0.2, 0) is 9.59 Å². The van der Waals surface area contributed by atoms with E-state index in [1.165, 1.54) is 0 Å². The molecule has 2 aliphatic rings. The zero-order valence-electron chi connectivity index (χ0n) is 11.3. The molecule has 2 unspecified atom stereocenters. The summed E-state index contributed by atoms with van der Waals surface area (Å²) >= 11 is 0. The summed E-state index contributed by atoms with van der Waals surface area (Å²) in [7, 11) is 4.09. The van der Waals surface area contributed by atoms with E-state index in [2.05, 4.69) is 10.2 Å². The van der Waals surface area contributed by atoms with Crippen LogP contribution in [0.15, 0.2) is 0 Å². The second kappa shape index (κ2) is 5.69. The van der Waals surface area contributed by atoms with E-state index in [0.717, 1.165) is 25.9 Å². The molecule has 2 atom stereocenters. The Morgan fingerprint density at radius 1 is 1.44 bits per heavy atom. The molecular weight excluding hydrogens is 230 g/mol. The number of likely N-dealkylation sites (N-methyl/N-ethyl adjacent to an activating group) is 1. The number of amides is 2. The Bertz CT molecular complexity index is 320. The average Bonchev–Trinajstić information content (AvgIpc) is 2.76. The van der Waals surface area contributed by atoms with Gasteiger partial charge in [-0.1, -0.05) is 0 Å². The van der Waals surface area contributed by atoms with Crippen molar-refractivity contribution in [2.24, 2.45) is 5.92 Å². The predicted octanol–water partition coefficient (Wildman–Crippen LogP) is 0.0652. The number of carbonyl (C=O) groups excluding carboxylic acids is 2. The van der Waals surface area contributed by atoms with E-state index in [1.54, 1.807) is 0 Å². The molecule has 5 nitrogen and oxygen atoms in total. The van der Waals surface area contributed by atoms with Crippen molar-refractivity contribution in [2.75, 3.05) is 33.7 Å². The van der Waals surface area contributed by atoms with Crippen molar-refractivity contribution in [3.05, 3.63) is 0 Å². The summed E-state index contributed by atoms with van der Waals surface area (Å²) < 4.78 is 0. The Balaban J connectivity index is 1.93. The molecule has 2 saturated heterocycles. The Labute approximate surface area is 108 Å². The van der Waals surface area contributed by atoms with Gasteiger partial charge in [-0.05, 0) is 33.4 Å². The van der Waals surface area contributed by atoms with Crippen LogP contribution in [0.5, 0.6) is 0 Å². The molecule has 102 valence electrons. The van der Waals surface area contributed by atoms with Gasteiger partial charge in [0.25, 0.3) is 0 Å². The molecule has 18 heavy (non-hydrogen) atoms. The third kappa shape index (κ3) is 3.02. The number of hydrogen-bond donors (Lipinski definition) is 1. The van der Waals surface area contributed by atoms with Crippen LogP contribution in [0.1, 0.15) is 25.7 Å². The summed E-state index contributed by atoms with van der Waals surface area (Å²) in [6.45, 7) is 2.33. The summed E-state index contributed by atoms with van der Waals surface area (Å²) in [5, 5.41) is 2.80. The predicted molar refractivity (Wildman–Crippen MR) is 69.0 cm³/mol. The fraction of sp³-hybridized carbons (Fsp3) is 0.846. The smallest absolute Gasteiger partial charge is 0.227 e. The fourth-order valence-electron chi connectivity index (χ4n) is 2.92. The molecule has 0 aromatic rings. The minimum absolute atomic E-state index is 0.00883. The molecule has 0 bridgehead atoms. The first-order chi connectivity index (χ1) is 8.58. The lowest BCUT2D eigenvalue weighted by Gasteiger charge is -2.32. The number of likely N-dealkylation sites (tertiary alicyclic amines) is 1. The van der Waals surface area contributed by atoms with Crippen molar-refractivity contribution in [3.63, 3.8) is 0 Å². The summed E-state index contributed by atoms with van der Waals surface area (Å²) in [6.07, 6.45) is 3.39. The number of nitrogens with one attached hydrogen (secondary N) is 1. The molecule has 2 amide bonds. The summed E-state index contributed by atoms with van der Waals surface area (Å²) in [6, 6.07) is 0.352. The number of rotatable bonds is 3. The molecule has 0 spiro atoms. The second-order valence-corrected chi connectivity index (χ2v) is 5.63. The topological polar surface area (TPSA) is 52.7 Å².